The van der Waals surface area contributed by atoms with Crippen LogP contribution >= 0.6 is 0 Å². The van der Waals surface area contributed by atoms with Gasteiger partial charge in [-0.2, -0.15) is 0 Å². The summed E-state index contributed by atoms with van der Waals surface area (Å²) in [5.74, 6) is -0.831. The lowest BCUT2D eigenvalue weighted by Crippen LogP contribution is -2.46. The first-order valence-electron chi connectivity index (χ1n) is 6.29. The van der Waals surface area contributed by atoms with E-state index in [9.17, 15) is 14.0 Å². The van der Waals surface area contributed by atoms with E-state index in [1.807, 2.05) is 0 Å². The lowest BCUT2D eigenvalue weighted by atomic mass is 10.2. The van der Waals surface area contributed by atoms with E-state index in [1.54, 1.807) is 48.5 Å². The average molecular weight is 287 g/mol. The van der Waals surface area contributed by atoms with Crippen LogP contribution < -0.4 is 16.2 Å². The summed E-state index contributed by atoms with van der Waals surface area (Å²) in [5.41, 5.74) is 5.24. The number of halogens is 1. The van der Waals surface area contributed by atoms with Crippen LogP contribution in [0.4, 0.5) is 9.18 Å². The molecule has 0 radical (unpaired) electrons. The zero-order chi connectivity index (χ0) is 15.1. The van der Waals surface area contributed by atoms with Gasteiger partial charge < -0.3 is 5.32 Å². The highest BCUT2D eigenvalue weighted by Gasteiger charge is 2.07. The molecule has 6 heteroatoms. The van der Waals surface area contributed by atoms with Gasteiger partial charge in [0.1, 0.15) is 5.82 Å². The van der Waals surface area contributed by atoms with Crippen LogP contribution in [0.2, 0.25) is 0 Å². The Bertz CT molecular complexity index is 632. The highest BCUT2D eigenvalue weighted by molar-refractivity contribution is 5.95. The Labute approximate surface area is 121 Å². The van der Waals surface area contributed by atoms with Crippen LogP contribution in [0.1, 0.15) is 15.9 Å². The van der Waals surface area contributed by atoms with Crippen molar-refractivity contribution in [3.05, 3.63) is 71.5 Å². The molecule has 2 rings (SSSR count). The smallest absolute Gasteiger partial charge is 0.333 e. The molecule has 3 N–H and O–H groups in total. The molecule has 0 saturated heterocycles. The maximum absolute atomic E-state index is 13.3. The third kappa shape index (κ3) is 4.31. The molecule has 0 heterocycles. The molecule has 2 aromatic rings. The van der Waals surface area contributed by atoms with Gasteiger partial charge in [-0.15, -0.1) is 0 Å². The molecule has 0 aromatic heterocycles. The van der Waals surface area contributed by atoms with Crippen molar-refractivity contribution in [2.24, 2.45) is 0 Å². The molecule has 21 heavy (non-hydrogen) atoms. The van der Waals surface area contributed by atoms with Gasteiger partial charge in [0, 0.05) is 17.7 Å². The lowest BCUT2D eigenvalue weighted by molar-refractivity contribution is 0.0936. The fourth-order valence-electron chi connectivity index (χ4n) is 1.64. The van der Waals surface area contributed by atoms with Crippen LogP contribution in [0.3, 0.4) is 0 Å². The Kier molecular flexibility index (Phi) is 4.87. The Morgan fingerprint density at radius 1 is 0.905 bits per heavy atom. The quantitative estimate of drug-likeness (QED) is 0.755. The predicted octanol–water partition coefficient (Wildman–Crippen LogP) is 1.97. The number of carbonyl (C=O) groups excluding carboxylic acids is 2. The number of rotatable bonds is 3. The summed E-state index contributed by atoms with van der Waals surface area (Å²) in [6.07, 6.45) is 0. The molecular formula is C15H14FN3O2. The topological polar surface area (TPSA) is 70.2 Å². The Balaban J connectivity index is 1.78. The van der Waals surface area contributed by atoms with E-state index in [1.165, 1.54) is 6.07 Å². The normalized spacial score (nSPS) is 9.76. The fraction of sp³-hybridized carbons (Fsp3) is 0.0667. The average Bonchev–Trinajstić information content (AvgIpc) is 2.52. The Morgan fingerprint density at radius 3 is 2.29 bits per heavy atom. The van der Waals surface area contributed by atoms with E-state index in [-0.39, 0.29) is 6.54 Å². The van der Waals surface area contributed by atoms with E-state index in [0.717, 1.165) is 0 Å². The molecule has 0 saturated carbocycles. The van der Waals surface area contributed by atoms with Gasteiger partial charge in [0.25, 0.3) is 5.91 Å². The van der Waals surface area contributed by atoms with Gasteiger partial charge in [0.05, 0.1) is 0 Å². The van der Waals surface area contributed by atoms with E-state index in [4.69, 9.17) is 0 Å². The maximum Gasteiger partial charge on any atom is 0.333 e. The zero-order valence-corrected chi connectivity index (χ0v) is 11.1. The minimum Gasteiger partial charge on any atom is -0.333 e. The summed E-state index contributed by atoms with van der Waals surface area (Å²) in [6.45, 7) is 0.0275. The van der Waals surface area contributed by atoms with E-state index < -0.39 is 17.8 Å². The number of hydrazine groups is 1. The van der Waals surface area contributed by atoms with Crippen molar-refractivity contribution < 1.29 is 14.0 Å². The van der Waals surface area contributed by atoms with Crippen LogP contribution in [0.25, 0.3) is 0 Å². The number of hydrogen-bond acceptors (Lipinski definition) is 2. The SMILES string of the molecule is O=C(NCc1ccccc1F)NNC(=O)c1ccccc1. The third-order valence-electron chi connectivity index (χ3n) is 2.72. The van der Waals surface area contributed by atoms with Crippen LogP contribution in [-0.2, 0) is 6.54 Å². The third-order valence-corrected chi connectivity index (χ3v) is 2.72. The van der Waals surface area contributed by atoms with Crippen LogP contribution in [0, 0.1) is 5.82 Å². The van der Waals surface area contributed by atoms with E-state index in [2.05, 4.69) is 16.2 Å². The molecule has 0 aliphatic carbocycles. The number of hydrogen-bond donors (Lipinski definition) is 3. The Hall–Kier alpha value is -2.89. The van der Waals surface area contributed by atoms with Crippen LogP contribution in [0.5, 0.6) is 0 Å². The predicted molar refractivity (Wildman–Crippen MR) is 75.7 cm³/mol. The molecule has 0 spiro atoms. The zero-order valence-electron chi connectivity index (χ0n) is 11.1. The number of benzene rings is 2. The van der Waals surface area contributed by atoms with Crippen molar-refractivity contribution >= 4 is 11.9 Å². The highest BCUT2D eigenvalue weighted by atomic mass is 19.1. The number of amides is 3. The first-order valence-corrected chi connectivity index (χ1v) is 6.29. The van der Waals surface area contributed by atoms with Crippen molar-refractivity contribution in [2.75, 3.05) is 0 Å². The molecule has 0 atom stereocenters. The van der Waals surface area contributed by atoms with Crippen LogP contribution in [-0.4, -0.2) is 11.9 Å². The van der Waals surface area contributed by atoms with Crippen LogP contribution in [0.15, 0.2) is 54.6 Å². The summed E-state index contributed by atoms with van der Waals surface area (Å²) in [6, 6.07) is 14.0. The van der Waals surface area contributed by atoms with Crippen molar-refractivity contribution in [3.63, 3.8) is 0 Å². The Morgan fingerprint density at radius 2 is 1.57 bits per heavy atom. The molecule has 3 amide bonds. The molecule has 108 valence electrons. The first-order chi connectivity index (χ1) is 10.2. The lowest BCUT2D eigenvalue weighted by Gasteiger charge is -2.09. The number of nitrogens with one attached hydrogen (secondary N) is 3. The summed E-state index contributed by atoms with van der Waals surface area (Å²) < 4.78 is 13.3. The summed E-state index contributed by atoms with van der Waals surface area (Å²) >= 11 is 0. The van der Waals surface area contributed by atoms with Crippen molar-refractivity contribution in [2.45, 2.75) is 6.54 Å². The number of urea groups is 1. The monoisotopic (exact) mass is 287 g/mol. The molecule has 2 aromatic carbocycles. The van der Waals surface area contributed by atoms with Gasteiger partial charge in [-0.1, -0.05) is 36.4 Å². The van der Waals surface area contributed by atoms with Gasteiger partial charge >= 0.3 is 6.03 Å². The van der Waals surface area contributed by atoms with E-state index >= 15 is 0 Å². The first kappa shape index (κ1) is 14.5. The largest absolute Gasteiger partial charge is 0.333 e. The molecule has 0 unspecified atom stereocenters. The summed E-state index contributed by atoms with van der Waals surface area (Å²) in [5, 5.41) is 2.44. The van der Waals surface area contributed by atoms with Gasteiger partial charge in [-0.3, -0.25) is 10.2 Å². The van der Waals surface area contributed by atoms with Gasteiger partial charge in [-0.05, 0) is 18.2 Å². The molecule has 0 fully saturated rings. The van der Waals surface area contributed by atoms with Gasteiger partial charge in [0.15, 0.2) is 0 Å². The van der Waals surface area contributed by atoms with Crippen molar-refractivity contribution in [1.82, 2.24) is 16.2 Å². The highest BCUT2D eigenvalue weighted by Crippen LogP contribution is 2.05. The maximum atomic E-state index is 13.3. The minimum atomic E-state index is -0.623. The fourth-order valence-corrected chi connectivity index (χ4v) is 1.64. The summed E-state index contributed by atoms with van der Waals surface area (Å²) in [4.78, 5) is 23.2. The summed E-state index contributed by atoms with van der Waals surface area (Å²) in [7, 11) is 0. The van der Waals surface area contributed by atoms with Gasteiger partial charge in [-0.25, -0.2) is 14.6 Å². The van der Waals surface area contributed by atoms with Crippen molar-refractivity contribution in [3.8, 4) is 0 Å². The molecule has 0 aliphatic heterocycles. The van der Waals surface area contributed by atoms with Crippen molar-refractivity contribution in [1.29, 1.82) is 0 Å². The molecule has 5 nitrogen and oxygen atoms in total. The second-order valence-corrected chi connectivity index (χ2v) is 4.22. The number of carbonyl (C=O) groups is 2. The molecular weight excluding hydrogens is 273 g/mol. The second-order valence-electron chi connectivity index (χ2n) is 4.22. The second kappa shape index (κ2) is 7.04. The molecule has 0 aliphatic rings. The standard InChI is InChI=1S/C15H14FN3O2/c16-13-9-5-4-8-12(13)10-17-15(21)19-18-14(20)11-6-2-1-3-7-11/h1-9H,10H2,(H,18,20)(H2,17,19,21). The van der Waals surface area contributed by atoms with Gasteiger partial charge in [0.2, 0.25) is 0 Å². The molecule has 0 bridgehead atoms. The van der Waals surface area contributed by atoms with E-state index in [0.29, 0.717) is 11.1 Å². The minimum absolute atomic E-state index is 0.0275.